The molecule has 0 spiro atoms. The Balaban J connectivity index is 1.51. The van der Waals surface area contributed by atoms with Gasteiger partial charge >= 0.3 is 0 Å². The van der Waals surface area contributed by atoms with E-state index in [0.29, 0.717) is 23.2 Å². The van der Waals surface area contributed by atoms with Crippen LogP contribution < -0.4 is 10.6 Å². The molecule has 3 N–H and O–H groups in total. The summed E-state index contributed by atoms with van der Waals surface area (Å²) >= 11 is 2.16. The smallest absolute Gasteiger partial charge is 0.260 e. The third-order valence-electron chi connectivity index (χ3n) is 5.34. The van der Waals surface area contributed by atoms with E-state index in [1.54, 1.807) is 18.3 Å². The Morgan fingerprint density at radius 2 is 1.73 bits per heavy atom. The van der Waals surface area contributed by atoms with Gasteiger partial charge in [-0.1, -0.05) is 30.3 Å². The molecule has 1 heterocycles. The molecule has 0 saturated carbocycles. The second-order valence-electron chi connectivity index (χ2n) is 8.20. The number of phenols is 1. The number of amides is 2. The Hall–Kier alpha value is -3.17. The molecule has 2 amide bonds. The van der Waals surface area contributed by atoms with Crippen LogP contribution in [0.5, 0.6) is 5.75 Å². The monoisotopic (exact) mass is 553 g/mol. The zero-order valence-electron chi connectivity index (χ0n) is 18.4. The standard InChI is InChI=1S/C26H24IN3O3/c1-30(2)15-17-4-3-5-18(10-17)20-8-6-16(11-24(20)31)13-28-14-23-22-12-19(27)7-9-21(22)25(32)29-26(23)33/h3-12,14,28,31H,13,15H2,1-2H3,(H,29,32,33). The maximum Gasteiger partial charge on any atom is 0.260 e. The number of imide groups is 1. The molecule has 1 aliphatic rings. The van der Waals surface area contributed by atoms with E-state index in [4.69, 9.17) is 0 Å². The lowest BCUT2D eigenvalue weighted by Crippen LogP contribution is -2.37. The highest BCUT2D eigenvalue weighted by Gasteiger charge is 2.27. The van der Waals surface area contributed by atoms with Crippen LogP contribution >= 0.6 is 22.6 Å². The second-order valence-corrected chi connectivity index (χ2v) is 9.45. The van der Waals surface area contributed by atoms with Gasteiger partial charge in [0, 0.05) is 39.6 Å². The lowest BCUT2D eigenvalue weighted by molar-refractivity contribution is -0.114. The average Bonchev–Trinajstić information content (AvgIpc) is 2.75. The van der Waals surface area contributed by atoms with Crippen LogP contribution in [0.1, 0.15) is 27.0 Å². The lowest BCUT2D eigenvalue weighted by Gasteiger charge is -2.18. The van der Waals surface area contributed by atoms with Crippen LogP contribution in [0.15, 0.2) is 66.9 Å². The normalized spacial score (nSPS) is 14.4. The van der Waals surface area contributed by atoms with Gasteiger partial charge < -0.3 is 15.3 Å². The first kappa shape index (κ1) is 23.0. The lowest BCUT2D eigenvalue weighted by atomic mass is 9.95. The minimum absolute atomic E-state index is 0.199. The topological polar surface area (TPSA) is 81.7 Å². The van der Waals surface area contributed by atoms with Gasteiger partial charge in [-0.15, -0.1) is 0 Å². The fourth-order valence-electron chi connectivity index (χ4n) is 3.85. The predicted molar refractivity (Wildman–Crippen MR) is 137 cm³/mol. The van der Waals surface area contributed by atoms with Crippen LogP contribution in [-0.2, 0) is 17.9 Å². The fourth-order valence-corrected chi connectivity index (χ4v) is 4.34. The third-order valence-corrected chi connectivity index (χ3v) is 6.01. The summed E-state index contributed by atoms with van der Waals surface area (Å²) in [6.07, 6.45) is 1.62. The van der Waals surface area contributed by atoms with Gasteiger partial charge in [-0.25, -0.2) is 0 Å². The summed E-state index contributed by atoms with van der Waals surface area (Å²) in [5.41, 5.74) is 5.26. The van der Waals surface area contributed by atoms with Crippen molar-refractivity contribution in [1.29, 1.82) is 0 Å². The average molecular weight is 553 g/mol. The molecule has 3 aromatic carbocycles. The molecule has 0 radical (unpaired) electrons. The summed E-state index contributed by atoms with van der Waals surface area (Å²) in [6.45, 7) is 1.24. The van der Waals surface area contributed by atoms with Gasteiger partial charge in [0.1, 0.15) is 5.75 Å². The van der Waals surface area contributed by atoms with Gasteiger partial charge in [0.25, 0.3) is 11.8 Å². The van der Waals surface area contributed by atoms with Crippen molar-refractivity contribution in [1.82, 2.24) is 15.5 Å². The van der Waals surface area contributed by atoms with Crippen molar-refractivity contribution >= 4 is 40.0 Å². The van der Waals surface area contributed by atoms with Crippen molar-refractivity contribution in [2.75, 3.05) is 14.1 Å². The molecule has 0 aromatic heterocycles. The first-order chi connectivity index (χ1) is 15.8. The van der Waals surface area contributed by atoms with Gasteiger partial charge in [0.2, 0.25) is 0 Å². The zero-order chi connectivity index (χ0) is 23.5. The summed E-state index contributed by atoms with van der Waals surface area (Å²) in [5, 5.41) is 16.2. The number of hydrogen-bond donors (Lipinski definition) is 3. The molecular weight excluding hydrogens is 529 g/mol. The van der Waals surface area contributed by atoms with Crippen molar-refractivity contribution in [3.63, 3.8) is 0 Å². The van der Waals surface area contributed by atoms with Crippen LogP contribution in [0.25, 0.3) is 16.7 Å². The number of nitrogens with one attached hydrogen (secondary N) is 2. The molecule has 0 unspecified atom stereocenters. The van der Waals surface area contributed by atoms with E-state index in [1.165, 1.54) is 5.56 Å². The van der Waals surface area contributed by atoms with E-state index in [1.807, 2.05) is 50.5 Å². The first-order valence-electron chi connectivity index (χ1n) is 10.5. The highest BCUT2D eigenvalue weighted by molar-refractivity contribution is 14.1. The molecular formula is C26H24IN3O3. The predicted octanol–water partition coefficient (Wildman–Crippen LogP) is 4.13. The summed E-state index contributed by atoms with van der Waals surface area (Å²) < 4.78 is 0.940. The molecule has 6 nitrogen and oxygen atoms in total. The SMILES string of the molecule is CN(C)Cc1cccc(-c2ccc(CNC=C3C(=O)NC(=O)c4ccc(I)cc43)cc2O)c1. The number of phenolic OH excluding ortho intramolecular Hbond substituents is 1. The summed E-state index contributed by atoms with van der Waals surface area (Å²) in [5.74, 6) is -0.624. The van der Waals surface area contributed by atoms with Gasteiger partial charge in [-0.2, -0.15) is 0 Å². The second kappa shape index (κ2) is 9.76. The van der Waals surface area contributed by atoms with Crippen molar-refractivity contribution < 1.29 is 14.7 Å². The molecule has 4 rings (SSSR count). The van der Waals surface area contributed by atoms with E-state index in [-0.39, 0.29) is 5.75 Å². The minimum atomic E-state index is -0.433. The first-order valence-corrected chi connectivity index (χ1v) is 11.5. The van der Waals surface area contributed by atoms with Gasteiger partial charge in [0.05, 0.1) is 5.57 Å². The van der Waals surface area contributed by atoms with Crippen molar-refractivity contribution in [3.8, 4) is 16.9 Å². The number of fused-ring (bicyclic) bond motifs is 1. The largest absolute Gasteiger partial charge is 0.507 e. The molecule has 0 bridgehead atoms. The molecule has 3 aromatic rings. The van der Waals surface area contributed by atoms with Crippen molar-refractivity contribution in [2.45, 2.75) is 13.1 Å². The fraction of sp³-hybridized carbons (Fsp3) is 0.154. The Bertz CT molecular complexity index is 1270. The molecule has 0 atom stereocenters. The van der Waals surface area contributed by atoms with E-state index < -0.39 is 11.8 Å². The summed E-state index contributed by atoms with van der Waals surface area (Å²) in [6, 6.07) is 19.1. The highest BCUT2D eigenvalue weighted by atomic mass is 127. The number of benzene rings is 3. The number of nitrogens with zero attached hydrogens (tertiary/aromatic N) is 1. The van der Waals surface area contributed by atoms with E-state index in [9.17, 15) is 14.7 Å². The molecule has 1 aliphatic heterocycles. The highest BCUT2D eigenvalue weighted by Crippen LogP contribution is 2.31. The number of hydrogen-bond acceptors (Lipinski definition) is 5. The third kappa shape index (κ3) is 5.26. The maximum atomic E-state index is 12.4. The molecule has 0 aliphatic carbocycles. The van der Waals surface area contributed by atoms with Crippen molar-refractivity contribution in [2.24, 2.45) is 0 Å². The molecule has 33 heavy (non-hydrogen) atoms. The number of carbonyl (C=O) groups excluding carboxylic acids is 2. The number of carbonyl (C=O) groups is 2. The van der Waals surface area contributed by atoms with Gasteiger partial charge in [-0.05, 0) is 83.7 Å². The summed E-state index contributed by atoms with van der Waals surface area (Å²) in [7, 11) is 4.05. The Kier molecular flexibility index (Phi) is 6.80. The van der Waals surface area contributed by atoms with E-state index >= 15 is 0 Å². The van der Waals surface area contributed by atoms with Gasteiger partial charge in [0.15, 0.2) is 0 Å². The maximum absolute atomic E-state index is 12.4. The molecule has 0 saturated heterocycles. The molecule has 168 valence electrons. The number of halogens is 1. The minimum Gasteiger partial charge on any atom is -0.507 e. The van der Waals surface area contributed by atoms with Crippen molar-refractivity contribution in [3.05, 3.63) is 92.7 Å². The molecule has 7 heteroatoms. The summed E-state index contributed by atoms with van der Waals surface area (Å²) in [4.78, 5) is 26.6. The number of rotatable bonds is 6. The van der Waals surface area contributed by atoms with Crippen LogP contribution in [-0.4, -0.2) is 35.9 Å². The number of aromatic hydroxyl groups is 1. The van der Waals surface area contributed by atoms with E-state index in [2.05, 4.69) is 50.3 Å². The quantitative estimate of drug-likeness (QED) is 0.243. The van der Waals surface area contributed by atoms with Gasteiger partial charge in [-0.3, -0.25) is 14.9 Å². The van der Waals surface area contributed by atoms with E-state index in [0.717, 1.165) is 26.8 Å². The molecule has 0 fully saturated rings. The van der Waals surface area contributed by atoms with Crippen LogP contribution in [0.3, 0.4) is 0 Å². The Morgan fingerprint density at radius 3 is 2.48 bits per heavy atom. The van der Waals surface area contributed by atoms with Crippen LogP contribution in [0.4, 0.5) is 0 Å². The Labute approximate surface area is 206 Å². The Morgan fingerprint density at radius 1 is 0.939 bits per heavy atom. The van der Waals surface area contributed by atoms with Crippen LogP contribution in [0.2, 0.25) is 0 Å². The van der Waals surface area contributed by atoms with Crippen LogP contribution in [0, 0.1) is 3.57 Å². The zero-order valence-corrected chi connectivity index (χ0v) is 20.5.